The summed E-state index contributed by atoms with van der Waals surface area (Å²) in [5.41, 5.74) is 1.32. The molecule has 2 aromatic heterocycles. The van der Waals surface area contributed by atoms with E-state index in [1.165, 1.54) is 11.3 Å². The van der Waals surface area contributed by atoms with E-state index in [4.69, 9.17) is 0 Å². The smallest absolute Gasteiger partial charge is 0.277 e. The number of aromatic nitrogens is 3. The van der Waals surface area contributed by atoms with Crippen LogP contribution >= 0.6 is 11.3 Å². The third-order valence-electron chi connectivity index (χ3n) is 2.52. The Bertz CT molecular complexity index is 676. The molecular formula is C13H10N4OS. The molecule has 0 unspecified atom stereocenters. The van der Waals surface area contributed by atoms with Crippen molar-refractivity contribution in [1.82, 2.24) is 14.5 Å². The van der Waals surface area contributed by atoms with Crippen molar-refractivity contribution in [2.24, 2.45) is 0 Å². The number of nitrogens with one attached hydrogen (secondary N) is 1. The first kappa shape index (κ1) is 11.6. The average Bonchev–Trinajstić information content (AvgIpc) is 3.10. The molecule has 0 aliphatic heterocycles. The number of anilines is 1. The summed E-state index contributed by atoms with van der Waals surface area (Å²) in [6.45, 7) is 0. The van der Waals surface area contributed by atoms with E-state index in [2.05, 4.69) is 15.3 Å². The van der Waals surface area contributed by atoms with Gasteiger partial charge in [-0.2, -0.15) is 0 Å². The van der Waals surface area contributed by atoms with Crippen LogP contribution in [0.5, 0.6) is 0 Å². The fraction of sp³-hybridized carbons (Fsp3) is 0. The van der Waals surface area contributed by atoms with Gasteiger partial charge in [0.2, 0.25) is 0 Å². The summed E-state index contributed by atoms with van der Waals surface area (Å²) < 4.78 is 1.80. The third kappa shape index (κ3) is 2.53. The molecule has 0 aliphatic carbocycles. The number of hydrogen-bond acceptors (Lipinski definition) is 4. The van der Waals surface area contributed by atoms with Gasteiger partial charge < -0.3 is 4.57 Å². The van der Waals surface area contributed by atoms with Crippen molar-refractivity contribution in [3.8, 4) is 5.69 Å². The molecular weight excluding hydrogens is 260 g/mol. The van der Waals surface area contributed by atoms with E-state index in [-0.39, 0.29) is 5.91 Å². The van der Waals surface area contributed by atoms with Crippen molar-refractivity contribution in [1.29, 1.82) is 0 Å². The lowest BCUT2D eigenvalue weighted by Crippen LogP contribution is -2.11. The molecule has 6 heteroatoms. The van der Waals surface area contributed by atoms with E-state index >= 15 is 0 Å². The number of rotatable bonds is 3. The Kier molecular flexibility index (Phi) is 3.07. The predicted molar refractivity (Wildman–Crippen MR) is 73.6 cm³/mol. The first-order valence-electron chi connectivity index (χ1n) is 5.63. The zero-order valence-electron chi connectivity index (χ0n) is 9.85. The number of thiazole rings is 1. The van der Waals surface area contributed by atoms with Gasteiger partial charge >= 0.3 is 0 Å². The monoisotopic (exact) mass is 270 g/mol. The van der Waals surface area contributed by atoms with Gasteiger partial charge in [-0.3, -0.25) is 10.1 Å². The van der Waals surface area contributed by atoms with E-state index in [1.807, 2.05) is 30.3 Å². The summed E-state index contributed by atoms with van der Waals surface area (Å²) in [7, 11) is 0. The first-order valence-corrected chi connectivity index (χ1v) is 6.51. The largest absolute Gasteiger partial charge is 0.305 e. The molecule has 3 aromatic rings. The Hall–Kier alpha value is -2.47. The molecule has 0 spiro atoms. The number of carbonyl (C=O) groups is 1. The molecule has 1 amide bonds. The van der Waals surface area contributed by atoms with E-state index in [0.29, 0.717) is 10.8 Å². The van der Waals surface area contributed by atoms with Gasteiger partial charge in [-0.05, 0) is 12.1 Å². The predicted octanol–water partition coefficient (Wildman–Crippen LogP) is 2.58. The molecule has 1 aromatic carbocycles. The van der Waals surface area contributed by atoms with Gasteiger partial charge in [-0.15, -0.1) is 11.3 Å². The molecule has 0 fully saturated rings. The van der Waals surface area contributed by atoms with Crippen molar-refractivity contribution in [2.75, 3.05) is 5.32 Å². The molecule has 5 nitrogen and oxygen atoms in total. The minimum absolute atomic E-state index is 0.260. The molecule has 19 heavy (non-hydrogen) atoms. The second kappa shape index (κ2) is 5.03. The standard InChI is InChI=1S/C13H10N4OS/c18-12(16-13-14-6-7-19-13)11-8-17(9-15-11)10-4-2-1-3-5-10/h1-9H,(H,14,16,18). The number of para-hydroxylation sites is 1. The molecule has 0 atom stereocenters. The normalized spacial score (nSPS) is 10.3. The van der Waals surface area contributed by atoms with Crippen LogP contribution in [0.25, 0.3) is 5.69 Å². The van der Waals surface area contributed by atoms with Crippen LogP contribution in [0.15, 0.2) is 54.4 Å². The maximum absolute atomic E-state index is 11.9. The average molecular weight is 270 g/mol. The van der Waals surface area contributed by atoms with Gasteiger partial charge in [0.1, 0.15) is 12.0 Å². The maximum Gasteiger partial charge on any atom is 0.277 e. The maximum atomic E-state index is 11.9. The Morgan fingerprint density at radius 3 is 2.79 bits per heavy atom. The third-order valence-corrected chi connectivity index (χ3v) is 3.21. The number of imidazole rings is 1. The fourth-order valence-corrected chi connectivity index (χ4v) is 2.15. The lowest BCUT2D eigenvalue weighted by atomic mass is 10.3. The summed E-state index contributed by atoms with van der Waals surface area (Å²) in [6.07, 6.45) is 4.95. The molecule has 0 saturated heterocycles. The quantitative estimate of drug-likeness (QED) is 0.795. The molecule has 0 saturated carbocycles. The van der Waals surface area contributed by atoms with Crippen molar-refractivity contribution < 1.29 is 4.79 Å². The zero-order chi connectivity index (χ0) is 13.1. The Balaban J connectivity index is 1.80. The highest BCUT2D eigenvalue weighted by molar-refractivity contribution is 7.13. The zero-order valence-corrected chi connectivity index (χ0v) is 10.7. The van der Waals surface area contributed by atoms with E-state index < -0.39 is 0 Å². The van der Waals surface area contributed by atoms with Gasteiger partial charge in [-0.25, -0.2) is 9.97 Å². The Morgan fingerprint density at radius 1 is 1.21 bits per heavy atom. The van der Waals surface area contributed by atoms with Crippen LogP contribution in [-0.4, -0.2) is 20.4 Å². The van der Waals surface area contributed by atoms with Crippen LogP contribution in [0, 0.1) is 0 Å². The second-order valence-corrected chi connectivity index (χ2v) is 4.69. The van der Waals surface area contributed by atoms with Crippen LogP contribution < -0.4 is 5.32 Å². The van der Waals surface area contributed by atoms with Gasteiger partial charge in [-0.1, -0.05) is 18.2 Å². The number of nitrogens with zero attached hydrogens (tertiary/aromatic N) is 3. The molecule has 1 N–H and O–H groups in total. The number of carbonyl (C=O) groups excluding carboxylic acids is 1. The topological polar surface area (TPSA) is 59.8 Å². The van der Waals surface area contributed by atoms with E-state index in [1.54, 1.807) is 28.7 Å². The summed E-state index contributed by atoms with van der Waals surface area (Å²) in [6, 6.07) is 9.71. The second-order valence-electron chi connectivity index (χ2n) is 3.79. The van der Waals surface area contributed by atoms with Crippen molar-refractivity contribution in [2.45, 2.75) is 0 Å². The fourth-order valence-electron chi connectivity index (χ4n) is 1.63. The molecule has 0 radical (unpaired) electrons. The summed E-state index contributed by atoms with van der Waals surface area (Å²) >= 11 is 1.37. The van der Waals surface area contributed by atoms with Gasteiger partial charge in [0, 0.05) is 23.5 Å². The van der Waals surface area contributed by atoms with E-state index in [0.717, 1.165) is 5.69 Å². The summed E-state index contributed by atoms with van der Waals surface area (Å²) in [4.78, 5) is 20.0. The minimum Gasteiger partial charge on any atom is -0.305 e. The first-order chi connectivity index (χ1) is 9.33. The SMILES string of the molecule is O=C(Nc1nccs1)c1cn(-c2ccccc2)cn1. The van der Waals surface area contributed by atoms with Gasteiger partial charge in [0.25, 0.3) is 5.91 Å². The minimum atomic E-state index is -0.260. The summed E-state index contributed by atoms with van der Waals surface area (Å²) in [5.74, 6) is -0.260. The molecule has 0 aliphatic rings. The van der Waals surface area contributed by atoms with Crippen LogP contribution in [0.4, 0.5) is 5.13 Å². The van der Waals surface area contributed by atoms with Crippen molar-refractivity contribution in [3.05, 3.63) is 60.1 Å². The molecule has 3 rings (SSSR count). The highest BCUT2D eigenvalue weighted by Gasteiger charge is 2.11. The van der Waals surface area contributed by atoms with Crippen LogP contribution in [0.1, 0.15) is 10.5 Å². The highest BCUT2D eigenvalue weighted by atomic mass is 32.1. The number of hydrogen-bond donors (Lipinski definition) is 1. The Morgan fingerprint density at radius 2 is 2.05 bits per heavy atom. The Labute approximate surface area is 113 Å². The molecule has 2 heterocycles. The van der Waals surface area contributed by atoms with Gasteiger partial charge in [0.05, 0.1) is 0 Å². The van der Waals surface area contributed by atoms with Crippen LogP contribution in [0.2, 0.25) is 0 Å². The lowest BCUT2D eigenvalue weighted by Gasteiger charge is -2.00. The van der Waals surface area contributed by atoms with Gasteiger partial charge in [0.15, 0.2) is 5.13 Å². The summed E-state index contributed by atoms with van der Waals surface area (Å²) in [5, 5.41) is 5.07. The number of benzene rings is 1. The van der Waals surface area contributed by atoms with Crippen molar-refractivity contribution >= 4 is 22.4 Å². The number of amides is 1. The highest BCUT2D eigenvalue weighted by Crippen LogP contribution is 2.13. The van der Waals surface area contributed by atoms with Crippen molar-refractivity contribution in [3.63, 3.8) is 0 Å². The molecule has 0 bridgehead atoms. The van der Waals surface area contributed by atoms with E-state index in [9.17, 15) is 4.79 Å². The van der Waals surface area contributed by atoms with Crippen LogP contribution in [-0.2, 0) is 0 Å². The molecule has 94 valence electrons. The van der Waals surface area contributed by atoms with Crippen LogP contribution in [0.3, 0.4) is 0 Å². The lowest BCUT2D eigenvalue weighted by molar-refractivity contribution is 0.102.